The minimum absolute atomic E-state index is 0.312. The standard InChI is InChI=1S/C11H11N3O4/c1-6(12-10(15)16)7-2-4-8(5-3-7)9-13-11(17)18-14-9/h2-6,12H,1H3,(H,15,16)(H,13,14,17)/t6-/m0/s1. The van der Waals surface area contributed by atoms with Crippen LogP contribution >= 0.6 is 0 Å². The summed E-state index contributed by atoms with van der Waals surface area (Å²) in [5.41, 5.74) is 1.50. The molecule has 3 N–H and O–H groups in total. The lowest BCUT2D eigenvalue weighted by Gasteiger charge is -2.11. The summed E-state index contributed by atoms with van der Waals surface area (Å²) in [7, 11) is 0. The van der Waals surface area contributed by atoms with Gasteiger partial charge in [0.15, 0.2) is 5.82 Å². The summed E-state index contributed by atoms with van der Waals surface area (Å²) in [4.78, 5) is 23.7. The molecule has 0 spiro atoms. The highest BCUT2D eigenvalue weighted by atomic mass is 16.5. The van der Waals surface area contributed by atoms with Gasteiger partial charge in [-0.3, -0.25) is 9.51 Å². The molecule has 0 unspecified atom stereocenters. The molecule has 0 bridgehead atoms. The van der Waals surface area contributed by atoms with Crippen molar-refractivity contribution in [2.75, 3.05) is 0 Å². The SMILES string of the molecule is C[C@H](NC(=O)O)c1ccc(-c2noc(=O)[nH]2)cc1. The zero-order valence-electron chi connectivity index (χ0n) is 9.51. The zero-order chi connectivity index (χ0) is 13.1. The van der Waals surface area contributed by atoms with Crippen molar-refractivity contribution in [2.24, 2.45) is 0 Å². The van der Waals surface area contributed by atoms with Gasteiger partial charge in [-0.1, -0.05) is 29.4 Å². The second kappa shape index (κ2) is 4.74. The van der Waals surface area contributed by atoms with Crippen LogP contribution in [0.15, 0.2) is 33.6 Å². The quantitative estimate of drug-likeness (QED) is 0.761. The van der Waals surface area contributed by atoms with Crippen molar-refractivity contribution in [3.05, 3.63) is 40.4 Å². The second-order valence-corrected chi connectivity index (χ2v) is 3.74. The number of aromatic nitrogens is 2. The molecule has 0 saturated carbocycles. The zero-order valence-corrected chi connectivity index (χ0v) is 9.51. The molecule has 0 aliphatic rings. The molecule has 2 rings (SSSR count). The van der Waals surface area contributed by atoms with E-state index in [-0.39, 0.29) is 6.04 Å². The van der Waals surface area contributed by atoms with Crippen molar-refractivity contribution in [1.29, 1.82) is 0 Å². The number of benzene rings is 1. The van der Waals surface area contributed by atoms with E-state index in [1.54, 1.807) is 31.2 Å². The third-order valence-corrected chi connectivity index (χ3v) is 2.46. The molecule has 7 heteroatoms. The largest absolute Gasteiger partial charge is 0.465 e. The van der Waals surface area contributed by atoms with E-state index >= 15 is 0 Å². The van der Waals surface area contributed by atoms with Crippen LogP contribution in [0.1, 0.15) is 18.5 Å². The van der Waals surface area contributed by atoms with Crippen molar-refractivity contribution in [3.63, 3.8) is 0 Å². The topological polar surface area (TPSA) is 108 Å². The van der Waals surface area contributed by atoms with Gasteiger partial charge in [0.2, 0.25) is 0 Å². The number of hydrogen-bond donors (Lipinski definition) is 3. The average molecular weight is 249 g/mol. The lowest BCUT2D eigenvalue weighted by molar-refractivity contribution is 0.191. The monoisotopic (exact) mass is 249 g/mol. The fourth-order valence-corrected chi connectivity index (χ4v) is 1.55. The molecule has 0 aliphatic carbocycles. The number of carbonyl (C=O) groups is 1. The smallest absolute Gasteiger partial charge is 0.439 e. The molecule has 0 saturated heterocycles. The summed E-state index contributed by atoms with van der Waals surface area (Å²) in [5.74, 6) is -0.277. The molecule has 18 heavy (non-hydrogen) atoms. The molecule has 2 aromatic rings. The van der Waals surface area contributed by atoms with E-state index in [4.69, 9.17) is 5.11 Å². The van der Waals surface area contributed by atoms with E-state index in [0.717, 1.165) is 5.56 Å². The van der Waals surface area contributed by atoms with Crippen LogP contribution in [0.5, 0.6) is 0 Å². The molecule has 1 aromatic carbocycles. The normalized spacial score (nSPS) is 12.1. The third-order valence-electron chi connectivity index (χ3n) is 2.46. The van der Waals surface area contributed by atoms with Gasteiger partial charge in [-0.2, -0.15) is 0 Å². The molecular weight excluding hydrogens is 238 g/mol. The predicted octanol–water partition coefficient (Wildman–Crippen LogP) is 1.36. The Labute approximate surface area is 101 Å². The second-order valence-electron chi connectivity index (χ2n) is 3.74. The first-order chi connectivity index (χ1) is 8.56. The average Bonchev–Trinajstić information content (AvgIpc) is 2.75. The Hall–Kier alpha value is -2.57. The number of aromatic amines is 1. The highest BCUT2D eigenvalue weighted by Gasteiger charge is 2.09. The van der Waals surface area contributed by atoms with Gasteiger partial charge in [-0.25, -0.2) is 9.59 Å². The molecule has 1 amide bonds. The lowest BCUT2D eigenvalue weighted by atomic mass is 10.1. The van der Waals surface area contributed by atoms with E-state index in [1.807, 2.05) is 0 Å². The van der Waals surface area contributed by atoms with Crippen LogP contribution in [0.25, 0.3) is 11.4 Å². The summed E-state index contributed by atoms with van der Waals surface area (Å²) in [6, 6.07) is 6.64. The number of hydrogen-bond acceptors (Lipinski definition) is 4. The van der Waals surface area contributed by atoms with Crippen LogP contribution in [0.3, 0.4) is 0 Å². The fraction of sp³-hybridized carbons (Fsp3) is 0.182. The van der Waals surface area contributed by atoms with E-state index in [1.165, 1.54) is 0 Å². The van der Waals surface area contributed by atoms with Gasteiger partial charge in [0, 0.05) is 5.56 Å². The van der Waals surface area contributed by atoms with E-state index < -0.39 is 11.8 Å². The van der Waals surface area contributed by atoms with Crippen LogP contribution in [-0.2, 0) is 0 Å². The first kappa shape index (κ1) is 11.9. The summed E-state index contributed by atoms with van der Waals surface area (Å²) < 4.78 is 4.40. The number of amides is 1. The number of nitrogens with zero attached hydrogens (tertiary/aromatic N) is 1. The van der Waals surface area contributed by atoms with Crippen LogP contribution in [0.4, 0.5) is 4.79 Å². The Kier molecular flexibility index (Phi) is 3.13. The first-order valence-corrected chi connectivity index (χ1v) is 5.22. The number of nitrogens with one attached hydrogen (secondary N) is 2. The number of rotatable bonds is 3. The maximum Gasteiger partial charge on any atom is 0.439 e. The van der Waals surface area contributed by atoms with Gasteiger partial charge in [-0.15, -0.1) is 0 Å². The summed E-state index contributed by atoms with van der Waals surface area (Å²) in [6.45, 7) is 1.74. The van der Waals surface area contributed by atoms with Crippen molar-refractivity contribution >= 4 is 6.09 Å². The van der Waals surface area contributed by atoms with Crippen LogP contribution in [-0.4, -0.2) is 21.3 Å². The first-order valence-electron chi connectivity index (χ1n) is 5.22. The Balaban J connectivity index is 2.19. The number of H-pyrrole nitrogens is 1. The van der Waals surface area contributed by atoms with Gasteiger partial charge in [-0.05, 0) is 12.5 Å². The van der Waals surface area contributed by atoms with Crippen molar-refractivity contribution in [3.8, 4) is 11.4 Å². The fourth-order valence-electron chi connectivity index (χ4n) is 1.55. The third kappa shape index (κ3) is 2.57. The molecule has 1 atom stereocenters. The maximum absolute atomic E-state index is 10.8. The molecule has 94 valence electrons. The van der Waals surface area contributed by atoms with E-state index in [0.29, 0.717) is 11.4 Å². The highest BCUT2D eigenvalue weighted by Crippen LogP contribution is 2.18. The van der Waals surface area contributed by atoms with Gasteiger partial charge in [0.25, 0.3) is 0 Å². The van der Waals surface area contributed by atoms with Crippen molar-refractivity contribution < 1.29 is 14.4 Å². The minimum atomic E-state index is -1.08. The summed E-state index contributed by atoms with van der Waals surface area (Å²) in [6.07, 6.45) is -1.08. The van der Waals surface area contributed by atoms with Crippen LogP contribution in [0.2, 0.25) is 0 Å². The van der Waals surface area contributed by atoms with E-state index in [2.05, 4.69) is 20.0 Å². The molecule has 1 aromatic heterocycles. The Bertz CT molecular complexity index is 599. The molecular formula is C11H11N3O4. The summed E-state index contributed by atoms with van der Waals surface area (Å²) in [5, 5.41) is 14.5. The Morgan fingerprint density at radius 1 is 1.44 bits per heavy atom. The molecule has 7 nitrogen and oxygen atoms in total. The van der Waals surface area contributed by atoms with Gasteiger partial charge in [0.1, 0.15) is 0 Å². The van der Waals surface area contributed by atoms with Crippen molar-refractivity contribution in [2.45, 2.75) is 13.0 Å². The molecule has 0 aliphatic heterocycles. The highest BCUT2D eigenvalue weighted by molar-refractivity contribution is 5.65. The van der Waals surface area contributed by atoms with Crippen molar-refractivity contribution in [1.82, 2.24) is 15.5 Å². The maximum atomic E-state index is 10.8. The summed E-state index contributed by atoms with van der Waals surface area (Å²) >= 11 is 0. The van der Waals surface area contributed by atoms with Gasteiger partial charge < -0.3 is 10.4 Å². The Morgan fingerprint density at radius 2 is 2.11 bits per heavy atom. The predicted molar refractivity (Wildman–Crippen MR) is 62.1 cm³/mol. The number of carboxylic acid groups (broad SMARTS) is 1. The molecule has 0 radical (unpaired) electrons. The Morgan fingerprint density at radius 3 is 2.61 bits per heavy atom. The lowest BCUT2D eigenvalue weighted by Crippen LogP contribution is -2.24. The van der Waals surface area contributed by atoms with E-state index in [9.17, 15) is 9.59 Å². The van der Waals surface area contributed by atoms with Gasteiger partial charge >= 0.3 is 11.8 Å². The van der Waals surface area contributed by atoms with Crippen LogP contribution in [0, 0.1) is 0 Å². The van der Waals surface area contributed by atoms with Gasteiger partial charge in [0.05, 0.1) is 6.04 Å². The van der Waals surface area contributed by atoms with Crippen LogP contribution < -0.4 is 11.1 Å². The molecule has 0 fully saturated rings. The minimum Gasteiger partial charge on any atom is -0.465 e. The molecule has 1 heterocycles.